The lowest BCUT2D eigenvalue weighted by Crippen LogP contribution is -2.29. The van der Waals surface area contributed by atoms with Crippen molar-refractivity contribution in [1.29, 1.82) is 0 Å². The number of fused-ring (bicyclic) bond motifs is 1. The molecule has 0 radical (unpaired) electrons. The second-order valence-corrected chi connectivity index (χ2v) is 5.08. The monoisotopic (exact) mass is 244 g/mol. The minimum Gasteiger partial charge on any atom is -0.350 e. The second kappa shape index (κ2) is 4.94. The highest BCUT2D eigenvalue weighted by Crippen LogP contribution is 2.23. The number of carbonyl (C=O) groups excluding carboxylic acids is 1. The molecule has 18 heavy (non-hydrogen) atoms. The van der Waals surface area contributed by atoms with Crippen LogP contribution in [0.4, 0.5) is 0 Å². The molecule has 0 aliphatic heterocycles. The van der Waals surface area contributed by atoms with Crippen LogP contribution in [-0.4, -0.2) is 22.9 Å². The van der Waals surface area contributed by atoms with E-state index in [0.717, 1.165) is 16.5 Å². The third-order valence-corrected chi connectivity index (χ3v) is 3.17. The Morgan fingerprint density at radius 3 is 2.78 bits per heavy atom. The molecule has 0 saturated carbocycles. The van der Waals surface area contributed by atoms with Gasteiger partial charge in [-0.25, -0.2) is 0 Å². The maximum absolute atomic E-state index is 12.2. The van der Waals surface area contributed by atoms with Crippen molar-refractivity contribution in [2.75, 3.05) is 6.54 Å². The van der Waals surface area contributed by atoms with Gasteiger partial charge >= 0.3 is 0 Å². The Kier molecular flexibility index (Phi) is 3.53. The number of Topliss-reactive ketones (excluding diaryl/α,β-unsaturated/α-hetero) is 1. The molecule has 2 rings (SSSR count). The van der Waals surface area contributed by atoms with Crippen LogP contribution in [0.5, 0.6) is 0 Å². The lowest BCUT2D eigenvalue weighted by molar-refractivity contribution is 0.0990. The summed E-state index contributed by atoms with van der Waals surface area (Å²) in [5.74, 6) is 0.153. The molecule has 0 spiro atoms. The normalized spacial score (nSPS) is 11.4. The summed E-state index contributed by atoms with van der Waals surface area (Å²) in [5, 5.41) is 4.22. The third-order valence-electron chi connectivity index (χ3n) is 3.17. The quantitative estimate of drug-likeness (QED) is 0.839. The second-order valence-electron chi connectivity index (χ2n) is 5.08. The van der Waals surface area contributed by atoms with Gasteiger partial charge in [-0.1, -0.05) is 32.0 Å². The van der Waals surface area contributed by atoms with Crippen molar-refractivity contribution in [3.8, 4) is 0 Å². The molecular formula is C15H20N2O. The fraction of sp³-hybridized carbons (Fsp3) is 0.400. The predicted octanol–water partition coefficient (Wildman–Crippen LogP) is 2.67. The fourth-order valence-electron chi connectivity index (χ4n) is 2.29. The van der Waals surface area contributed by atoms with Crippen LogP contribution >= 0.6 is 0 Å². The van der Waals surface area contributed by atoms with Gasteiger partial charge in [0.15, 0.2) is 5.78 Å². The SMILES string of the molecule is Cc1cccc2c(C(=O)CNC(C)C)cn(C)c12. The van der Waals surface area contributed by atoms with Gasteiger partial charge in [0.25, 0.3) is 0 Å². The number of aromatic nitrogens is 1. The van der Waals surface area contributed by atoms with E-state index in [4.69, 9.17) is 0 Å². The number of aryl methyl sites for hydroxylation is 2. The van der Waals surface area contributed by atoms with Gasteiger partial charge in [0.1, 0.15) is 0 Å². The maximum atomic E-state index is 12.2. The van der Waals surface area contributed by atoms with E-state index in [9.17, 15) is 4.79 Å². The lowest BCUT2D eigenvalue weighted by atomic mass is 10.1. The predicted molar refractivity (Wildman–Crippen MR) is 75.1 cm³/mol. The van der Waals surface area contributed by atoms with E-state index in [2.05, 4.69) is 18.3 Å². The molecule has 0 amide bonds. The van der Waals surface area contributed by atoms with Crippen molar-refractivity contribution in [2.45, 2.75) is 26.8 Å². The molecule has 3 nitrogen and oxygen atoms in total. The summed E-state index contributed by atoms with van der Waals surface area (Å²) < 4.78 is 2.03. The molecule has 0 unspecified atom stereocenters. The number of rotatable bonds is 4. The third kappa shape index (κ3) is 2.31. The fourth-order valence-corrected chi connectivity index (χ4v) is 2.29. The van der Waals surface area contributed by atoms with Gasteiger partial charge in [-0.3, -0.25) is 4.79 Å². The van der Waals surface area contributed by atoms with Crippen LogP contribution in [0.25, 0.3) is 10.9 Å². The number of para-hydroxylation sites is 1. The molecule has 0 atom stereocenters. The van der Waals surface area contributed by atoms with Gasteiger partial charge in [0.2, 0.25) is 0 Å². The van der Waals surface area contributed by atoms with Gasteiger partial charge in [0, 0.05) is 30.2 Å². The minimum atomic E-state index is 0.153. The number of hydrogen-bond donors (Lipinski definition) is 1. The van der Waals surface area contributed by atoms with Gasteiger partial charge in [-0.15, -0.1) is 0 Å². The molecule has 1 aromatic carbocycles. The molecule has 96 valence electrons. The highest BCUT2D eigenvalue weighted by atomic mass is 16.1. The Bertz CT molecular complexity index is 581. The van der Waals surface area contributed by atoms with Crippen molar-refractivity contribution in [3.63, 3.8) is 0 Å². The average Bonchev–Trinajstić information content (AvgIpc) is 2.65. The highest BCUT2D eigenvalue weighted by Gasteiger charge is 2.14. The molecule has 1 N–H and O–H groups in total. The van der Waals surface area contributed by atoms with Crippen molar-refractivity contribution in [2.24, 2.45) is 7.05 Å². The lowest BCUT2D eigenvalue weighted by Gasteiger charge is -2.06. The smallest absolute Gasteiger partial charge is 0.178 e. The van der Waals surface area contributed by atoms with E-state index in [1.54, 1.807) is 0 Å². The van der Waals surface area contributed by atoms with E-state index in [-0.39, 0.29) is 5.78 Å². The van der Waals surface area contributed by atoms with Crippen molar-refractivity contribution in [1.82, 2.24) is 9.88 Å². The summed E-state index contributed by atoms with van der Waals surface area (Å²) in [6.07, 6.45) is 1.93. The van der Waals surface area contributed by atoms with Crippen molar-refractivity contribution >= 4 is 16.7 Å². The van der Waals surface area contributed by atoms with Gasteiger partial charge in [-0.2, -0.15) is 0 Å². The first kappa shape index (κ1) is 12.8. The molecule has 0 aliphatic rings. The van der Waals surface area contributed by atoms with Crippen LogP contribution in [0.15, 0.2) is 24.4 Å². The highest BCUT2D eigenvalue weighted by molar-refractivity contribution is 6.09. The molecule has 1 aromatic heterocycles. The van der Waals surface area contributed by atoms with Crippen LogP contribution in [0.2, 0.25) is 0 Å². The van der Waals surface area contributed by atoms with Crippen molar-refractivity contribution in [3.05, 3.63) is 35.5 Å². The first-order valence-corrected chi connectivity index (χ1v) is 6.32. The largest absolute Gasteiger partial charge is 0.350 e. The van der Waals surface area contributed by atoms with E-state index in [1.807, 2.05) is 43.8 Å². The molecule has 1 heterocycles. The number of carbonyl (C=O) groups is 1. The molecular weight excluding hydrogens is 224 g/mol. The van der Waals surface area contributed by atoms with Crippen LogP contribution in [0.1, 0.15) is 29.8 Å². The Balaban J connectivity index is 2.40. The van der Waals surface area contributed by atoms with Gasteiger partial charge in [0.05, 0.1) is 12.1 Å². The van der Waals surface area contributed by atoms with E-state index in [0.29, 0.717) is 12.6 Å². The van der Waals surface area contributed by atoms with Crippen LogP contribution in [0, 0.1) is 6.92 Å². The minimum absolute atomic E-state index is 0.153. The summed E-state index contributed by atoms with van der Waals surface area (Å²) in [6.45, 7) is 6.55. The molecule has 0 aliphatic carbocycles. The van der Waals surface area contributed by atoms with Crippen LogP contribution in [0.3, 0.4) is 0 Å². The molecule has 0 saturated heterocycles. The number of benzene rings is 1. The average molecular weight is 244 g/mol. The summed E-state index contributed by atoms with van der Waals surface area (Å²) >= 11 is 0. The summed E-state index contributed by atoms with van der Waals surface area (Å²) in [6, 6.07) is 6.42. The zero-order valence-electron chi connectivity index (χ0n) is 11.4. The molecule has 2 aromatic rings. The Morgan fingerprint density at radius 1 is 1.39 bits per heavy atom. The summed E-state index contributed by atoms with van der Waals surface area (Å²) in [7, 11) is 1.99. The molecule has 0 bridgehead atoms. The van der Waals surface area contributed by atoms with E-state index in [1.165, 1.54) is 5.56 Å². The van der Waals surface area contributed by atoms with E-state index < -0.39 is 0 Å². The summed E-state index contributed by atoms with van der Waals surface area (Å²) in [4.78, 5) is 12.2. The number of nitrogens with zero attached hydrogens (tertiary/aromatic N) is 1. The number of ketones is 1. The zero-order valence-corrected chi connectivity index (χ0v) is 11.4. The Labute approximate surface area is 108 Å². The van der Waals surface area contributed by atoms with Gasteiger partial charge < -0.3 is 9.88 Å². The Morgan fingerprint density at radius 2 is 2.11 bits per heavy atom. The number of nitrogens with one attached hydrogen (secondary N) is 1. The van der Waals surface area contributed by atoms with Crippen LogP contribution in [-0.2, 0) is 7.05 Å². The number of hydrogen-bond acceptors (Lipinski definition) is 2. The van der Waals surface area contributed by atoms with Gasteiger partial charge in [-0.05, 0) is 12.5 Å². The van der Waals surface area contributed by atoms with Crippen molar-refractivity contribution < 1.29 is 4.79 Å². The maximum Gasteiger partial charge on any atom is 0.178 e. The first-order valence-electron chi connectivity index (χ1n) is 6.32. The standard InChI is InChI=1S/C15H20N2O/c1-10(2)16-8-14(18)13-9-17(4)15-11(3)6-5-7-12(13)15/h5-7,9-10,16H,8H2,1-4H3. The van der Waals surface area contributed by atoms with Crippen LogP contribution < -0.4 is 5.32 Å². The zero-order chi connectivity index (χ0) is 13.3. The van der Waals surface area contributed by atoms with E-state index >= 15 is 0 Å². The Hall–Kier alpha value is -1.61. The molecule has 0 fully saturated rings. The first-order chi connectivity index (χ1) is 8.50. The topological polar surface area (TPSA) is 34.0 Å². The summed E-state index contributed by atoms with van der Waals surface area (Å²) in [5.41, 5.74) is 3.15. The molecule has 3 heteroatoms.